The van der Waals surface area contributed by atoms with Crippen LogP contribution in [0.5, 0.6) is 0 Å². The van der Waals surface area contributed by atoms with Gasteiger partial charge in [0.2, 0.25) is 15.9 Å². The first-order chi connectivity index (χ1) is 10.2. The summed E-state index contributed by atoms with van der Waals surface area (Å²) in [5, 5.41) is 3.67. The van der Waals surface area contributed by atoms with E-state index in [1.54, 1.807) is 18.7 Å². The highest BCUT2D eigenvalue weighted by Gasteiger charge is 2.34. The highest BCUT2D eigenvalue weighted by molar-refractivity contribution is 7.89. The van der Waals surface area contributed by atoms with Crippen LogP contribution in [0.25, 0.3) is 0 Å². The maximum atomic E-state index is 12.6. The molecule has 1 fully saturated rings. The lowest BCUT2D eigenvalue weighted by Gasteiger charge is -2.26. The molecule has 124 valence electrons. The van der Waals surface area contributed by atoms with Gasteiger partial charge in [0.05, 0.1) is 0 Å². The van der Waals surface area contributed by atoms with Gasteiger partial charge in [-0.3, -0.25) is 4.79 Å². The van der Waals surface area contributed by atoms with Crippen LogP contribution in [0.1, 0.15) is 38.1 Å². The fourth-order valence-corrected chi connectivity index (χ4v) is 4.36. The van der Waals surface area contributed by atoms with Crippen molar-refractivity contribution in [1.29, 1.82) is 0 Å². The van der Waals surface area contributed by atoms with Gasteiger partial charge in [-0.1, -0.05) is 19.0 Å². The number of nitrogens with one attached hydrogen (secondary N) is 1. The zero-order valence-electron chi connectivity index (χ0n) is 13.4. The Balaban J connectivity index is 2.25. The fraction of sp³-hybridized carbons (Fsp3) is 0.714. The molecule has 8 heteroatoms. The number of aromatic nitrogens is 1. The van der Waals surface area contributed by atoms with Gasteiger partial charge in [-0.15, -0.1) is 0 Å². The minimum atomic E-state index is -3.85. The molecule has 0 aromatic carbocycles. The maximum Gasteiger partial charge on any atom is 0.246 e. The van der Waals surface area contributed by atoms with Gasteiger partial charge in [0.15, 0.2) is 5.76 Å². The van der Waals surface area contributed by atoms with E-state index in [0.717, 1.165) is 12.8 Å². The van der Waals surface area contributed by atoms with E-state index >= 15 is 0 Å². The molecule has 7 nitrogen and oxygen atoms in total. The molecular weight excluding hydrogens is 306 g/mol. The monoisotopic (exact) mass is 329 g/mol. The van der Waals surface area contributed by atoms with Crippen LogP contribution in [0.4, 0.5) is 0 Å². The molecule has 1 aromatic heterocycles. The summed E-state index contributed by atoms with van der Waals surface area (Å²) < 4.78 is 32.6. The Labute approximate surface area is 131 Å². The molecule has 0 aliphatic carbocycles. The molecule has 1 aliphatic heterocycles. The van der Waals surface area contributed by atoms with E-state index in [9.17, 15) is 13.2 Å². The predicted octanol–water partition coefficient (Wildman–Crippen LogP) is 1.22. The van der Waals surface area contributed by atoms with Crippen LogP contribution in [-0.4, -0.2) is 43.5 Å². The molecule has 0 bridgehead atoms. The number of rotatable bonds is 5. The van der Waals surface area contributed by atoms with Gasteiger partial charge in [-0.05, 0) is 32.6 Å². The molecule has 1 N–H and O–H groups in total. The third-order valence-corrected chi connectivity index (χ3v) is 5.55. The van der Waals surface area contributed by atoms with Gasteiger partial charge in [-0.25, -0.2) is 8.42 Å². The second-order valence-electron chi connectivity index (χ2n) is 6.03. The molecule has 0 saturated carbocycles. The van der Waals surface area contributed by atoms with Crippen LogP contribution >= 0.6 is 0 Å². The summed E-state index contributed by atoms with van der Waals surface area (Å²) in [5.74, 6) is -0.0905. The van der Waals surface area contributed by atoms with Crippen LogP contribution in [0, 0.1) is 19.8 Å². The predicted molar refractivity (Wildman–Crippen MR) is 80.7 cm³/mol. The van der Waals surface area contributed by atoms with Crippen molar-refractivity contribution in [1.82, 2.24) is 14.8 Å². The first-order valence-electron chi connectivity index (χ1n) is 7.48. The number of hydrogen-bond donors (Lipinski definition) is 1. The lowest BCUT2D eigenvalue weighted by atomic mass is 10.0. The Hall–Kier alpha value is -1.41. The van der Waals surface area contributed by atoms with E-state index in [4.69, 9.17) is 4.52 Å². The van der Waals surface area contributed by atoms with Crippen LogP contribution in [-0.2, 0) is 14.8 Å². The number of hydrogen-bond acceptors (Lipinski definition) is 5. The van der Waals surface area contributed by atoms with Gasteiger partial charge in [0, 0.05) is 13.1 Å². The van der Waals surface area contributed by atoms with Crippen molar-refractivity contribution < 1.29 is 17.7 Å². The third kappa shape index (κ3) is 3.33. The molecule has 1 saturated heterocycles. The Bertz CT molecular complexity index is 626. The SMILES string of the molecule is Cc1noc(C)c1S(=O)(=O)N[C@@H](C(=O)N1CCCC1)C(C)C. The van der Waals surface area contributed by atoms with Crippen molar-refractivity contribution in [3.63, 3.8) is 0 Å². The molecular formula is C14H23N3O4S. The van der Waals surface area contributed by atoms with E-state index in [2.05, 4.69) is 9.88 Å². The van der Waals surface area contributed by atoms with Crippen LogP contribution in [0.15, 0.2) is 9.42 Å². The Morgan fingerprint density at radius 1 is 1.27 bits per heavy atom. The summed E-state index contributed by atoms with van der Waals surface area (Å²) in [4.78, 5) is 14.3. The molecule has 2 heterocycles. The average Bonchev–Trinajstić information content (AvgIpc) is 3.05. The smallest absolute Gasteiger partial charge is 0.246 e. The molecule has 1 aliphatic rings. The van der Waals surface area contributed by atoms with Gasteiger partial charge < -0.3 is 9.42 Å². The number of carbonyl (C=O) groups is 1. The topological polar surface area (TPSA) is 92.5 Å². The van der Waals surface area contributed by atoms with Crippen molar-refractivity contribution in [2.45, 2.75) is 51.5 Å². The van der Waals surface area contributed by atoms with Gasteiger partial charge in [-0.2, -0.15) is 4.72 Å². The second kappa shape index (κ2) is 6.37. The minimum Gasteiger partial charge on any atom is -0.360 e. The van der Waals surface area contributed by atoms with Gasteiger partial charge in [0.1, 0.15) is 16.6 Å². The second-order valence-corrected chi connectivity index (χ2v) is 7.68. The number of sulfonamides is 1. The van der Waals surface area contributed by atoms with Crippen LogP contribution < -0.4 is 4.72 Å². The fourth-order valence-electron chi connectivity index (χ4n) is 2.69. The van der Waals surface area contributed by atoms with Crippen LogP contribution in [0.3, 0.4) is 0 Å². The quantitative estimate of drug-likeness (QED) is 0.877. The van der Waals surface area contributed by atoms with Crippen molar-refractivity contribution in [3.05, 3.63) is 11.5 Å². The number of nitrogens with zero attached hydrogens (tertiary/aromatic N) is 2. The first-order valence-corrected chi connectivity index (χ1v) is 8.96. The van der Waals surface area contributed by atoms with E-state index < -0.39 is 16.1 Å². The Kier molecular flexibility index (Phi) is 4.91. The van der Waals surface area contributed by atoms with E-state index in [1.807, 2.05) is 13.8 Å². The summed E-state index contributed by atoms with van der Waals surface area (Å²) in [7, 11) is -3.85. The number of amides is 1. The normalized spacial score (nSPS) is 17.2. The summed E-state index contributed by atoms with van der Waals surface area (Å²) >= 11 is 0. The van der Waals surface area contributed by atoms with E-state index in [-0.39, 0.29) is 22.5 Å². The third-order valence-electron chi connectivity index (χ3n) is 3.87. The summed E-state index contributed by atoms with van der Waals surface area (Å²) in [6.07, 6.45) is 1.93. The maximum absolute atomic E-state index is 12.6. The standard InChI is InChI=1S/C14H23N3O4S/c1-9(2)12(14(18)17-7-5-6-8-17)16-22(19,20)13-10(3)15-21-11(13)4/h9,12,16H,5-8H2,1-4H3/t12-/m1/s1. The lowest BCUT2D eigenvalue weighted by Crippen LogP contribution is -2.50. The van der Waals surface area contributed by atoms with Crippen molar-refractivity contribution in [2.75, 3.05) is 13.1 Å². The molecule has 1 amide bonds. The molecule has 0 spiro atoms. The Morgan fingerprint density at radius 3 is 2.32 bits per heavy atom. The number of aryl methyl sites for hydroxylation is 2. The lowest BCUT2D eigenvalue weighted by molar-refractivity contribution is -0.132. The summed E-state index contributed by atoms with van der Waals surface area (Å²) in [6, 6.07) is -0.781. The highest BCUT2D eigenvalue weighted by atomic mass is 32.2. The van der Waals surface area contributed by atoms with Crippen molar-refractivity contribution >= 4 is 15.9 Å². The molecule has 1 atom stereocenters. The first kappa shape index (κ1) is 17.0. The zero-order valence-corrected chi connectivity index (χ0v) is 14.2. The summed E-state index contributed by atoms with van der Waals surface area (Å²) in [5.41, 5.74) is 0.293. The van der Waals surface area contributed by atoms with E-state index in [0.29, 0.717) is 18.8 Å². The Morgan fingerprint density at radius 2 is 1.86 bits per heavy atom. The minimum absolute atomic E-state index is 0.0207. The summed E-state index contributed by atoms with van der Waals surface area (Å²) in [6.45, 7) is 8.14. The zero-order chi connectivity index (χ0) is 16.5. The van der Waals surface area contributed by atoms with Gasteiger partial charge >= 0.3 is 0 Å². The van der Waals surface area contributed by atoms with Crippen LogP contribution in [0.2, 0.25) is 0 Å². The molecule has 0 unspecified atom stereocenters. The molecule has 2 rings (SSSR count). The number of likely N-dealkylation sites (tertiary alicyclic amines) is 1. The molecule has 1 aromatic rings. The van der Waals surface area contributed by atoms with Crippen molar-refractivity contribution in [2.24, 2.45) is 5.92 Å². The van der Waals surface area contributed by atoms with E-state index in [1.165, 1.54) is 0 Å². The highest BCUT2D eigenvalue weighted by Crippen LogP contribution is 2.21. The number of carbonyl (C=O) groups excluding carboxylic acids is 1. The molecule has 0 radical (unpaired) electrons. The largest absolute Gasteiger partial charge is 0.360 e. The molecule has 22 heavy (non-hydrogen) atoms. The van der Waals surface area contributed by atoms with Gasteiger partial charge in [0.25, 0.3) is 0 Å². The average molecular weight is 329 g/mol. The van der Waals surface area contributed by atoms with Crippen molar-refractivity contribution in [3.8, 4) is 0 Å².